The van der Waals surface area contributed by atoms with Crippen LogP contribution in [0.1, 0.15) is 42.7 Å². The van der Waals surface area contributed by atoms with Gasteiger partial charge in [-0.2, -0.15) is 0 Å². The van der Waals surface area contributed by atoms with Crippen molar-refractivity contribution in [1.82, 2.24) is 10.3 Å². The number of benzene rings is 1. The molecule has 0 radical (unpaired) electrons. The molecule has 3 nitrogen and oxygen atoms in total. The van der Waals surface area contributed by atoms with Crippen LogP contribution in [-0.4, -0.2) is 16.1 Å². The molecule has 0 spiro atoms. The summed E-state index contributed by atoms with van der Waals surface area (Å²) in [6.45, 7) is 0.889. The molecular weight excluding hydrogens is 260 g/mol. The van der Waals surface area contributed by atoms with Crippen LogP contribution in [0, 0.1) is 0 Å². The van der Waals surface area contributed by atoms with E-state index in [1.165, 1.54) is 18.4 Å². The summed E-state index contributed by atoms with van der Waals surface area (Å²) < 4.78 is 0. The molecule has 0 saturated heterocycles. The molecule has 1 fully saturated rings. The summed E-state index contributed by atoms with van der Waals surface area (Å²) in [5, 5.41) is 13.6. The quantitative estimate of drug-likeness (QED) is 0.900. The summed E-state index contributed by atoms with van der Waals surface area (Å²) in [5.74, 6) is 0.951. The van der Waals surface area contributed by atoms with Crippen molar-refractivity contribution >= 4 is 0 Å². The lowest BCUT2D eigenvalue weighted by atomic mass is 9.81. The molecule has 0 atom stereocenters. The van der Waals surface area contributed by atoms with E-state index in [-0.39, 0.29) is 0 Å². The summed E-state index contributed by atoms with van der Waals surface area (Å²) in [6, 6.07) is 12.4. The lowest BCUT2D eigenvalue weighted by Crippen LogP contribution is -2.32. The van der Waals surface area contributed by atoms with E-state index in [0.29, 0.717) is 17.7 Å². The van der Waals surface area contributed by atoms with Gasteiger partial charge in [0.2, 0.25) is 0 Å². The topological polar surface area (TPSA) is 45.1 Å². The summed E-state index contributed by atoms with van der Waals surface area (Å²) in [7, 11) is 0. The van der Waals surface area contributed by atoms with Crippen LogP contribution in [0.15, 0.2) is 48.8 Å². The lowest BCUT2D eigenvalue weighted by Gasteiger charge is -2.29. The number of para-hydroxylation sites is 1. The van der Waals surface area contributed by atoms with Gasteiger partial charge in [-0.3, -0.25) is 4.98 Å². The van der Waals surface area contributed by atoms with E-state index in [2.05, 4.69) is 22.4 Å². The number of phenolic OH excluding ortho intramolecular Hbond substituents is 1. The first-order chi connectivity index (χ1) is 10.3. The maximum absolute atomic E-state index is 9.96. The van der Waals surface area contributed by atoms with Crippen molar-refractivity contribution in [3.05, 3.63) is 59.9 Å². The number of hydrogen-bond donors (Lipinski definition) is 2. The molecule has 1 aromatic carbocycles. The van der Waals surface area contributed by atoms with Crippen molar-refractivity contribution < 1.29 is 5.11 Å². The molecule has 1 aromatic heterocycles. The maximum atomic E-state index is 9.96. The Kier molecular flexibility index (Phi) is 4.51. The van der Waals surface area contributed by atoms with Gasteiger partial charge in [0, 0.05) is 25.0 Å². The number of hydrogen-bond acceptors (Lipinski definition) is 3. The Hall–Kier alpha value is -1.87. The number of phenols is 1. The Balaban J connectivity index is 1.50. The molecule has 0 bridgehead atoms. The van der Waals surface area contributed by atoms with Gasteiger partial charge in [-0.15, -0.1) is 0 Å². The highest BCUT2D eigenvalue weighted by Gasteiger charge is 2.23. The average molecular weight is 282 g/mol. The normalized spacial score (nSPS) is 22.1. The second-order valence-corrected chi connectivity index (χ2v) is 5.85. The zero-order valence-corrected chi connectivity index (χ0v) is 12.2. The van der Waals surface area contributed by atoms with E-state index in [0.717, 1.165) is 24.9 Å². The Bertz CT molecular complexity index is 562. The van der Waals surface area contributed by atoms with Crippen LogP contribution in [-0.2, 0) is 6.54 Å². The van der Waals surface area contributed by atoms with Crippen molar-refractivity contribution in [2.24, 2.45) is 0 Å². The fourth-order valence-corrected chi connectivity index (χ4v) is 3.21. The van der Waals surface area contributed by atoms with Gasteiger partial charge in [-0.25, -0.2) is 0 Å². The molecule has 1 saturated carbocycles. The summed E-state index contributed by atoms with van der Waals surface area (Å²) in [6.07, 6.45) is 8.34. The SMILES string of the molecule is Oc1ccccc1[C@H]1CC[C@@H](NCc2cccnc2)CC1. The van der Waals surface area contributed by atoms with Gasteiger partial charge in [0.05, 0.1) is 0 Å². The van der Waals surface area contributed by atoms with E-state index < -0.39 is 0 Å². The first-order valence-electron chi connectivity index (χ1n) is 7.73. The zero-order valence-electron chi connectivity index (χ0n) is 12.2. The van der Waals surface area contributed by atoms with Gasteiger partial charge in [0.1, 0.15) is 5.75 Å². The predicted molar refractivity (Wildman–Crippen MR) is 84.2 cm³/mol. The largest absolute Gasteiger partial charge is 0.508 e. The van der Waals surface area contributed by atoms with Gasteiger partial charge in [-0.05, 0) is 54.9 Å². The molecule has 21 heavy (non-hydrogen) atoms. The highest BCUT2D eigenvalue weighted by molar-refractivity contribution is 5.35. The monoisotopic (exact) mass is 282 g/mol. The fourth-order valence-electron chi connectivity index (χ4n) is 3.21. The Morgan fingerprint density at radius 1 is 1.05 bits per heavy atom. The van der Waals surface area contributed by atoms with Crippen LogP contribution in [0.5, 0.6) is 5.75 Å². The van der Waals surface area contributed by atoms with Crippen LogP contribution in [0.2, 0.25) is 0 Å². The molecule has 110 valence electrons. The van der Waals surface area contributed by atoms with E-state index in [1.807, 2.05) is 24.4 Å². The highest BCUT2D eigenvalue weighted by atomic mass is 16.3. The van der Waals surface area contributed by atoms with Crippen molar-refractivity contribution in [3.63, 3.8) is 0 Å². The van der Waals surface area contributed by atoms with Crippen LogP contribution in [0.4, 0.5) is 0 Å². The van der Waals surface area contributed by atoms with Crippen molar-refractivity contribution in [2.75, 3.05) is 0 Å². The van der Waals surface area contributed by atoms with Gasteiger partial charge in [0.25, 0.3) is 0 Å². The summed E-state index contributed by atoms with van der Waals surface area (Å²) in [4.78, 5) is 4.14. The number of nitrogens with one attached hydrogen (secondary N) is 1. The van der Waals surface area contributed by atoms with Crippen molar-refractivity contribution in [2.45, 2.75) is 44.2 Å². The third-order valence-electron chi connectivity index (χ3n) is 4.42. The Labute approximate surface area is 126 Å². The van der Waals surface area contributed by atoms with E-state index >= 15 is 0 Å². The summed E-state index contributed by atoms with van der Waals surface area (Å²) in [5.41, 5.74) is 2.35. The standard InChI is InChI=1S/C18H22N2O/c21-18-6-2-1-5-17(18)15-7-9-16(10-8-15)20-13-14-4-3-11-19-12-14/h1-6,11-12,15-16,20-21H,7-10,13H2/t15-,16+. The second-order valence-electron chi connectivity index (χ2n) is 5.85. The lowest BCUT2D eigenvalue weighted by molar-refractivity contribution is 0.335. The predicted octanol–water partition coefficient (Wildman–Crippen LogP) is 3.60. The van der Waals surface area contributed by atoms with Crippen LogP contribution in [0.3, 0.4) is 0 Å². The molecule has 0 amide bonds. The van der Waals surface area contributed by atoms with Gasteiger partial charge < -0.3 is 10.4 Å². The average Bonchev–Trinajstić information content (AvgIpc) is 2.55. The first-order valence-corrected chi connectivity index (χ1v) is 7.73. The number of pyridine rings is 1. The van der Waals surface area contributed by atoms with Crippen LogP contribution in [0.25, 0.3) is 0 Å². The molecular formula is C18H22N2O. The molecule has 1 aliphatic carbocycles. The first kappa shape index (κ1) is 14.1. The maximum Gasteiger partial charge on any atom is 0.119 e. The third kappa shape index (κ3) is 3.61. The minimum atomic E-state index is 0.448. The Morgan fingerprint density at radius 3 is 2.57 bits per heavy atom. The molecule has 1 heterocycles. The third-order valence-corrected chi connectivity index (χ3v) is 4.42. The number of aromatic nitrogens is 1. The molecule has 2 aromatic rings. The minimum Gasteiger partial charge on any atom is -0.508 e. The summed E-state index contributed by atoms with van der Waals surface area (Å²) >= 11 is 0. The molecule has 0 aliphatic heterocycles. The van der Waals surface area contributed by atoms with Crippen LogP contribution < -0.4 is 5.32 Å². The highest BCUT2D eigenvalue weighted by Crippen LogP contribution is 2.36. The van der Waals surface area contributed by atoms with E-state index in [9.17, 15) is 5.11 Å². The second kappa shape index (κ2) is 6.72. The Morgan fingerprint density at radius 2 is 1.86 bits per heavy atom. The smallest absolute Gasteiger partial charge is 0.119 e. The molecule has 3 rings (SSSR count). The van der Waals surface area contributed by atoms with Crippen molar-refractivity contribution in [1.29, 1.82) is 0 Å². The molecule has 2 N–H and O–H groups in total. The zero-order chi connectivity index (χ0) is 14.5. The van der Waals surface area contributed by atoms with Gasteiger partial charge in [-0.1, -0.05) is 24.3 Å². The van der Waals surface area contributed by atoms with Crippen molar-refractivity contribution in [3.8, 4) is 5.75 Å². The fraction of sp³-hybridized carbons (Fsp3) is 0.389. The van der Waals surface area contributed by atoms with Gasteiger partial charge in [0.15, 0.2) is 0 Å². The van der Waals surface area contributed by atoms with Gasteiger partial charge >= 0.3 is 0 Å². The molecule has 0 unspecified atom stereocenters. The number of rotatable bonds is 4. The molecule has 1 aliphatic rings. The number of nitrogens with zero attached hydrogens (tertiary/aromatic N) is 1. The minimum absolute atomic E-state index is 0.448. The van der Waals surface area contributed by atoms with E-state index in [4.69, 9.17) is 0 Å². The van der Waals surface area contributed by atoms with Crippen LogP contribution >= 0.6 is 0 Å². The molecule has 3 heteroatoms. The number of aromatic hydroxyl groups is 1. The van der Waals surface area contributed by atoms with E-state index in [1.54, 1.807) is 12.3 Å².